The molecule has 1 nitrogen and oxygen atoms in total. The van der Waals surface area contributed by atoms with Crippen molar-refractivity contribution in [1.29, 1.82) is 0 Å². The van der Waals surface area contributed by atoms with Crippen molar-refractivity contribution in [2.24, 2.45) is 0 Å². The van der Waals surface area contributed by atoms with Crippen molar-refractivity contribution < 1.29 is 0 Å². The van der Waals surface area contributed by atoms with Crippen molar-refractivity contribution >= 4 is 11.8 Å². The van der Waals surface area contributed by atoms with Crippen LogP contribution in [0.4, 0.5) is 0 Å². The van der Waals surface area contributed by atoms with Crippen LogP contribution >= 0.6 is 11.8 Å². The first-order valence-corrected chi connectivity index (χ1v) is 6.57. The molecule has 0 aliphatic carbocycles. The van der Waals surface area contributed by atoms with E-state index in [1.54, 1.807) is 0 Å². The highest BCUT2D eigenvalue weighted by molar-refractivity contribution is 6.13. The molecule has 1 aromatic carbocycles. The first-order valence-electron chi connectivity index (χ1n) is 6.23. The van der Waals surface area contributed by atoms with Gasteiger partial charge in [-0.2, -0.15) is 0 Å². The number of unbranched alkanes of at least 4 members (excludes halogenated alkanes) is 3. The topological polar surface area (TPSA) is 3.24 Å². The van der Waals surface area contributed by atoms with Crippen LogP contribution < -0.4 is 0 Å². The van der Waals surface area contributed by atoms with Crippen molar-refractivity contribution in [2.45, 2.75) is 45.6 Å². The van der Waals surface area contributed by atoms with Gasteiger partial charge in [-0.1, -0.05) is 56.5 Å². The molecule has 0 N–H and O–H groups in total. The van der Waals surface area contributed by atoms with Crippen molar-refractivity contribution in [2.75, 3.05) is 6.54 Å². The molecule has 0 aliphatic rings. The van der Waals surface area contributed by atoms with Crippen LogP contribution in [0, 0.1) is 0 Å². The Morgan fingerprint density at radius 1 is 1.12 bits per heavy atom. The Morgan fingerprint density at radius 3 is 2.44 bits per heavy atom. The van der Waals surface area contributed by atoms with Gasteiger partial charge in [0.2, 0.25) is 0 Å². The summed E-state index contributed by atoms with van der Waals surface area (Å²) in [5.41, 5.74) is 1.29. The summed E-state index contributed by atoms with van der Waals surface area (Å²) < 4.78 is 1.92. The Bertz CT molecular complexity index is 273. The summed E-state index contributed by atoms with van der Waals surface area (Å²) >= 11 is 6.28. The van der Waals surface area contributed by atoms with Gasteiger partial charge in [-0.15, -0.1) is 0 Å². The predicted octanol–water partition coefficient (Wildman–Crippen LogP) is 4.78. The quantitative estimate of drug-likeness (QED) is 0.489. The monoisotopic (exact) mass is 239 g/mol. The minimum atomic E-state index is 0.296. The van der Waals surface area contributed by atoms with E-state index < -0.39 is 0 Å². The van der Waals surface area contributed by atoms with E-state index in [9.17, 15) is 0 Å². The maximum Gasteiger partial charge on any atom is 0.0472 e. The maximum absolute atomic E-state index is 6.28. The summed E-state index contributed by atoms with van der Waals surface area (Å²) in [7, 11) is 0. The largest absolute Gasteiger partial charge is 0.213 e. The highest BCUT2D eigenvalue weighted by atomic mass is 35.5. The second kappa shape index (κ2) is 7.70. The van der Waals surface area contributed by atoms with E-state index in [4.69, 9.17) is 11.8 Å². The zero-order valence-electron chi connectivity index (χ0n) is 10.3. The fourth-order valence-electron chi connectivity index (χ4n) is 1.78. The first-order chi connectivity index (χ1) is 7.75. The average Bonchev–Trinajstić information content (AvgIpc) is 2.34. The Morgan fingerprint density at radius 2 is 1.81 bits per heavy atom. The van der Waals surface area contributed by atoms with E-state index in [-0.39, 0.29) is 0 Å². The normalized spacial score (nSPS) is 13.0. The summed E-state index contributed by atoms with van der Waals surface area (Å²) in [6.07, 6.45) is 5.05. The second-order valence-corrected chi connectivity index (χ2v) is 4.70. The third kappa shape index (κ3) is 4.54. The third-order valence-electron chi connectivity index (χ3n) is 2.93. The van der Waals surface area contributed by atoms with Gasteiger partial charge in [0.25, 0.3) is 0 Å². The lowest BCUT2D eigenvalue weighted by Crippen LogP contribution is -2.18. The van der Waals surface area contributed by atoms with Gasteiger partial charge in [0, 0.05) is 12.6 Å². The summed E-state index contributed by atoms with van der Waals surface area (Å²) in [5, 5.41) is 0. The fourth-order valence-corrected chi connectivity index (χ4v) is 2.01. The number of nitrogens with zero attached hydrogens (tertiary/aromatic N) is 1. The Kier molecular flexibility index (Phi) is 6.51. The third-order valence-corrected chi connectivity index (χ3v) is 3.39. The van der Waals surface area contributed by atoms with Gasteiger partial charge in [0.05, 0.1) is 0 Å². The van der Waals surface area contributed by atoms with Crippen LogP contribution in [-0.4, -0.2) is 11.0 Å². The van der Waals surface area contributed by atoms with Crippen LogP contribution in [0.25, 0.3) is 0 Å². The van der Waals surface area contributed by atoms with E-state index in [1.165, 1.54) is 31.2 Å². The molecule has 90 valence electrons. The number of hydrogen-bond donors (Lipinski definition) is 0. The molecule has 0 saturated heterocycles. The minimum absolute atomic E-state index is 0.296. The molecule has 1 aromatic rings. The van der Waals surface area contributed by atoms with Crippen molar-refractivity contribution in [3.8, 4) is 0 Å². The summed E-state index contributed by atoms with van der Waals surface area (Å²) in [6, 6.07) is 10.7. The van der Waals surface area contributed by atoms with Gasteiger partial charge in [-0.3, -0.25) is 0 Å². The molecule has 16 heavy (non-hydrogen) atoms. The van der Waals surface area contributed by atoms with Gasteiger partial charge < -0.3 is 0 Å². The molecule has 0 heterocycles. The molecule has 0 bridgehead atoms. The lowest BCUT2D eigenvalue weighted by atomic mass is 10.1. The van der Waals surface area contributed by atoms with Gasteiger partial charge in [0.15, 0.2) is 0 Å². The Balaban J connectivity index is 2.33. The Hall–Kier alpha value is -0.530. The molecule has 0 aliphatic heterocycles. The minimum Gasteiger partial charge on any atom is -0.213 e. The van der Waals surface area contributed by atoms with Crippen LogP contribution in [0.2, 0.25) is 0 Å². The lowest BCUT2D eigenvalue weighted by Gasteiger charge is -2.22. The zero-order chi connectivity index (χ0) is 11.8. The van der Waals surface area contributed by atoms with Crippen molar-refractivity contribution in [1.82, 2.24) is 4.42 Å². The summed E-state index contributed by atoms with van der Waals surface area (Å²) in [5.74, 6) is 0. The van der Waals surface area contributed by atoms with Crippen LogP contribution in [0.3, 0.4) is 0 Å². The molecule has 0 fully saturated rings. The van der Waals surface area contributed by atoms with Gasteiger partial charge in [-0.25, -0.2) is 4.42 Å². The molecule has 0 amide bonds. The van der Waals surface area contributed by atoms with Crippen molar-refractivity contribution in [3.63, 3.8) is 0 Å². The van der Waals surface area contributed by atoms with Crippen LogP contribution in [-0.2, 0) is 0 Å². The number of hydrogen-bond acceptors (Lipinski definition) is 1. The molecular weight excluding hydrogens is 218 g/mol. The van der Waals surface area contributed by atoms with E-state index >= 15 is 0 Å². The SMILES string of the molecule is CCCCCCN(Cl)[C@@H](C)c1ccccc1. The molecule has 1 atom stereocenters. The lowest BCUT2D eigenvalue weighted by molar-refractivity contribution is 0.356. The van der Waals surface area contributed by atoms with E-state index in [1.807, 2.05) is 10.5 Å². The molecule has 0 radical (unpaired) electrons. The number of rotatable bonds is 7. The van der Waals surface area contributed by atoms with Crippen LogP contribution in [0.1, 0.15) is 51.1 Å². The standard InChI is InChI=1S/C14H22ClN/c1-3-4-5-9-12-16(15)13(2)14-10-7-6-8-11-14/h6-8,10-11,13H,3-5,9,12H2,1-2H3/t13-/m0/s1. The van der Waals surface area contributed by atoms with Gasteiger partial charge in [0.1, 0.15) is 0 Å². The summed E-state index contributed by atoms with van der Waals surface area (Å²) in [6.45, 7) is 5.35. The number of benzene rings is 1. The molecular formula is C14H22ClN. The molecule has 0 aromatic heterocycles. The summed E-state index contributed by atoms with van der Waals surface area (Å²) in [4.78, 5) is 0. The molecule has 0 saturated carbocycles. The molecule has 1 rings (SSSR count). The molecule has 0 spiro atoms. The molecule has 2 heteroatoms. The zero-order valence-corrected chi connectivity index (χ0v) is 11.1. The molecule has 0 unspecified atom stereocenters. The first kappa shape index (κ1) is 13.5. The van der Waals surface area contributed by atoms with E-state index in [0.717, 1.165) is 6.54 Å². The van der Waals surface area contributed by atoms with E-state index in [2.05, 4.69) is 38.1 Å². The van der Waals surface area contributed by atoms with Gasteiger partial charge >= 0.3 is 0 Å². The van der Waals surface area contributed by atoms with Crippen molar-refractivity contribution in [3.05, 3.63) is 35.9 Å². The highest BCUT2D eigenvalue weighted by Gasteiger charge is 2.12. The fraction of sp³-hybridized carbons (Fsp3) is 0.571. The van der Waals surface area contributed by atoms with E-state index in [0.29, 0.717) is 6.04 Å². The highest BCUT2D eigenvalue weighted by Crippen LogP contribution is 2.22. The maximum atomic E-state index is 6.28. The smallest absolute Gasteiger partial charge is 0.0472 e. The Labute approximate surface area is 105 Å². The average molecular weight is 240 g/mol. The van der Waals surface area contributed by atoms with Crippen LogP contribution in [0.5, 0.6) is 0 Å². The van der Waals surface area contributed by atoms with Crippen LogP contribution in [0.15, 0.2) is 30.3 Å². The number of halogens is 1. The predicted molar refractivity (Wildman–Crippen MR) is 71.6 cm³/mol. The second-order valence-electron chi connectivity index (χ2n) is 4.27. The van der Waals surface area contributed by atoms with Gasteiger partial charge in [-0.05, 0) is 30.7 Å².